The fourth-order valence-corrected chi connectivity index (χ4v) is 5.18. The molecule has 3 rings (SSSR count). The number of ether oxygens (including phenoxy) is 2. The highest BCUT2D eigenvalue weighted by Crippen LogP contribution is 2.35. The van der Waals surface area contributed by atoms with Crippen molar-refractivity contribution in [2.24, 2.45) is 0 Å². The largest absolute Gasteiger partial charge is 0.462 e. The van der Waals surface area contributed by atoms with Crippen LogP contribution in [0.1, 0.15) is 105 Å². The molecule has 0 fully saturated rings. The Morgan fingerprint density at radius 3 is 2.02 bits per heavy atom. The van der Waals surface area contributed by atoms with Crippen LogP contribution in [0.2, 0.25) is 0 Å². The average molecular weight is 657 g/mol. The summed E-state index contributed by atoms with van der Waals surface area (Å²) in [6, 6.07) is 21.1. The predicted molar refractivity (Wildman–Crippen MR) is 177 cm³/mol. The van der Waals surface area contributed by atoms with Gasteiger partial charge in [0.05, 0.1) is 24.3 Å². The van der Waals surface area contributed by atoms with Gasteiger partial charge in [0.25, 0.3) is 0 Å². The van der Waals surface area contributed by atoms with Crippen LogP contribution in [0.15, 0.2) is 72.8 Å². The monoisotopic (exact) mass is 656 g/mol. The summed E-state index contributed by atoms with van der Waals surface area (Å²) in [4.78, 5) is 36.5. The zero-order valence-corrected chi connectivity index (χ0v) is 27.5. The zero-order chi connectivity index (χ0) is 33.9. The number of carbonyl (C=O) groups is 2. The summed E-state index contributed by atoms with van der Waals surface area (Å²) in [7, 11) is 0. The smallest absolute Gasteiger partial charge is 0.414 e. The molecule has 0 aliphatic carbocycles. The fourth-order valence-electron chi connectivity index (χ4n) is 5.18. The maximum atomic E-state index is 13.6. The molecule has 0 saturated heterocycles. The van der Waals surface area contributed by atoms with Crippen molar-refractivity contribution in [3.05, 3.63) is 83.9 Å². The van der Waals surface area contributed by atoms with E-state index in [0.29, 0.717) is 24.2 Å². The highest BCUT2D eigenvalue weighted by molar-refractivity contribution is 6.01. The van der Waals surface area contributed by atoms with Gasteiger partial charge in [-0.3, -0.25) is 4.89 Å². The second kappa shape index (κ2) is 20.5. The Kier molecular flexibility index (Phi) is 16.5. The molecular formula is C38H47F3O6. The molecule has 3 aromatic carbocycles. The molecule has 0 aliphatic heterocycles. The molecule has 6 nitrogen and oxygen atoms in total. The first-order valence-corrected chi connectivity index (χ1v) is 16.7. The Labute approximate surface area is 276 Å². The first-order valence-electron chi connectivity index (χ1n) is 16.7. The van der Waals surface area contributed by atoms with Gasteiger partial charge in [0.1, 0.15) is 0 Å². The lowest BCUT2D eigenvalue weighted by Gasteiger charge is -2.21. The molecule has 1 atom stereocenters. The van der Waals surface area contributed by atoms with E-state index >= 15 is 0 Å². The summed E-state index contributed by atoms with van der Waals surface area (Å²) in [5, 5.41) is 0. The number of carbonyl (C=O) groups excluding carboxylic acids is 2. The van der Waals surface area contributed by atoms with Gasteiger partial charge in [-0.15, -0.1) is 0 Å². The Balaban J connectivity index is 1.75. The molecule has 0 saturated carbocycles. The van der Waals surface area contributed by atoms with Gasteiger partial charge in [-0.25, -0.2) is 9.59 Å². The first kappa shape index (κ1) is 37.8. The number of benzene rings is 3. The number of unbranched alkanes of at least 4 members (excludes halogenated alkanes) is 8. The van der Waals surface area contributed by atoms with E-state index in [1.165, 1.54) is 19.3 Å². The van der Waals surface area contributed by atoms with Crippen LogP contribution in [0.5, 0.6) is 0 Å². The third kappa shape index (κ3) is 12.8. The van der Waals surface area contributed by atoms with Crippen LogP contribution in [0, 0.1) is 0 Å². The van der Waals surface area contributed by atoms with Crippen molar-refractivity contribution >= 4 is 11.9 Å². The molecule has 3 aromatic rings. The third-order valence-electron chi connectivity index (χ3n) is 7.79. The molecule has 1 unspecified atom stereocenters. The lowest BCUT2D eigenvalue weighted by molar-refractivity contribution is -0.241. The number of alkyl halides is 3. The maximum Gasteiger partial charge on any atom is 0.414 e. The second-order valence-electron chi connectivity index (χ2n) is 11.5. The molecular weight excluding hydrogens is 609 g/mol. The van der Waals surface area contributed by atoms with E-state index in [0.717, 1.165) is 49.7 Å². The molecule has 256 valence electrons. The molecule has 0 aliphatic rings. The molecule has 0 bridgehead atoms. The van der Waals surface area contributed by atoms with Crippen molar-refractivity contribution in [1.29, 1.82) is 0 Å². The van der Waals surface area contributed by atoms with Gasteiger partial charge in [-0.1, -0.05) is 120 Å². The van der Waals surface area contributed by atoms with Crippen molar-refractivity contribution in [3.8, 4) is 22.3 Å². The molecule has 0 N–H and O–H groups in total. The summed E-state index contributed by atoms with van der Waals surface area (Å²) in [5.41, 5.74) is 2.96. The number of rotatable bonds is 21. The van der Waals surface area contributed by atoms with Gasteiger partial charge >= 0.3 is 18.1 Å². The quantitative estimate of drug-likeness (QED) is 0.0492. The van der Waals surface area contributed by atoms with Crippen LogP contribution in [0.4, 0.5) is 13.2 Å². The highest BCUT2D eigenvalue weighted by atomic mass is 19.4. The van der Waals surface area contributed by atoms with E-state index in [-0.39, 0.29) is 17.7 Å². The second-order valence-corrected chi connectivity index (χ2v) is 11.5. The van der Waals surface area contributed by atoms with Gasteiger partial charge in [0.15, 0.2) is 6.10 Å². The van der Waals surface area contributed by atoms with E-state index in [2.05, 4.69) is 6.92 Å². The molecule has 0 amide bonds. The molecule has 0 radical (unpaired) electrons. The lowest BCUT2D eigenvalue weighted by atomic mass is 9.90. The third-order valence-corrected chi connectivity index (χ3v) is 7.79. The van der Waals surface area contributed by atoms with E-state index < -0.39 is 37.2 Å². The minimum absolute atomic E-state index is 0.00786. The topological polar surface area (TPSA) is 71.1 Å². The summed E-state index contributed by atoms with van der Waals surface area (Å²) >= 11 is 0. The summed E-state index contributed by atoms with van der Waals surface area (Å²) in [5.74, 6) is -1.46. The van der Waals surface area contributed by atoms with Crippen LogP contribution in [-0.2, 0) is 19.2 Å². The molecule has 47 heavy (non-hydrogen) atoms. The summed E-state index contributed by atoms with van der Waals surface area (Å²) in [6.45, 7) is 3.99. The molecule has 0 aromatic heterocycles. The van der Waals surface area contributed by atoms with E-state index in [9.17, 15) is 22.8 Å². The van der Waals surface area contributed by atoms with Crippen molar-refractivity contribution in [2.75, 3.05) is 19.8 Å². The Morgan fingerprint density at radius 1 is 0.660 bits per heavy atom. The maximum absolute atomic E-state index is 13.6. The van der Waals surface area contributed by atoms with Crippen molar-refractivity contribution < 1.29 is 42.0 Å². The minimum Gasteiger partial charge on any atom is -0.462 e. The average Bonchev–Trinajstić information content (AvgIpc) is 3.08. The van der Waals surface area contributed by atoms with Crippen molar-refractivity contribution in [2.45, 2.75) is 96.8 Å². The van der Waals surface area contributed by atoms with Crippen LogP contribution in [-0.4, -0.2) is 44.0 Å². The van der Waals surface area contributed by atoms with Gasteiger partial charge in [-0.05, 0) is 53.3 Å². The number of esters is 1. The van der Waals surface area contributed by atoms with Gasteiger partial charge in [-0.2, -0.15) is 18.1 Å². The number of hydrogen-bond acceptors (Lipinski definition) is 6. The van der Waals surface area contributed by atoms with Crippen LogP contribution in [0.25, 0.3) is 22.3 Å². The Hall–Kier alpha value is -3.69. The van der Waals surface area contributed by atoms with Crippen LogP contribution >= 0.6 is 0 Å². The highest BCUT2D eigenvalue weighted by Gasteiger charge is 2.40. The van der Waals surface area contributed by atoms with Crippen molar-refractivity contribution in [1.82, 2.24) is 0 Å². The number of halogens is 3. The van der Waals surface area contributed by atoms with E-state index in [1.807, 2.05) is 37.3 Å². The van der Waals surface area contributed by atoms with E-state index in [4.69, 9.17) is 19.2 Å². The summed E-state index contributed by atoms with van der Waals surface area (Å²) < 4.78 is 51.3. The Bertz CT molecular complexity index is 1360. The SMILES string of the molecule is CCCCCCCCOOC(=O)c1ccc(-c2ccccc2)c(-c2ccccc2C(=O)OCCC(OCCCCCC)C(F)(F)F)c1. The van der Waals surface area contributed by atoms with Gasteiger partial charge in [0.2, 0.25) is 0 Å². The molecule has 0 spiro atoms. The molecule has 9 heteroatoms. The predicted octanol–water partition coefficient (Wildman–Crippen LogP) is 10.5. The zero-order valence-electron chi connectivity index (χ0n) is 27.5. The van der Waals surface area contributed by atoms with Crippen LogP contribution in [0.3, 0.4) is 0 Å². The van der Waals surface area contributed by atoms with E-state index in [1.54, 1.807) is 42.5 Å². The van der Waals surface area contributed by atoms with Crippen molar-refractivity contribution in [3.63, 3.8) is 0 Å². The Morgan fingerprint density at radius 2 is 1.30 bits per heavy atom. The minimum atomic E-state index is -4.58. The van der Waals surface area contributed by atoms with Gasteiger partial charge in [0, 0.05) is 13.0 Å². The first-order chi connectivity index (χ1) is 22.8. The fraction of sp³-hybridized carbons (Fsp3) is 0.474. The molecule has 0 heterocycles. The van der Waals surface area contributed by atoms with Crippen LogP contribution < -0.4 is 0 Å². The normalized spacial score (nSPS) is 12.1. The van der Waals surface area contributed by atoms with Gasteiger partial charge < -0.3 is 9.47 Å². The number of hydrogen-bond donors (Lipinski definition) is 0. The lowest BCUT2D eigenvalue weighted by Crippen LogP contribution is -2.33. The standard InChI is InChI=1S/C38H47F3O6/c1-3-5-7-9-10-17-26-46-47-36(42)30-22-23-31(29-18-12-11-13-19-29)34(28-30)32-20-14-15-21-33(32)37(43)45-27-24-35(38(39,40)41)44-25-16-8-6-4-2/h11-15,18-23,28,35H,3-10,16-17,24-27H2,1-2H3. The summed E-state index contributed by atoms with van der Waals surface area (Å²) in [6.07, 6.45) is 2.52.